The molecule has 33 heavy (non-hydrogen) atoms. The van der Waals surface area contributed by atoms with Crippen molar-refractivity contribution in [3.8, 4) is 5.75 Å². The maximum Gasteiger partial charge on any atom is 0.342 e. The normalized spacial score (nSPS) is 16.8. The van der Waals surface area contributed by atoms with Gasteiger partial charge >= 0.3 is 12.0 Å². The first-order chi connectivity index (χ1) is 15.7. The van der Waals surface area contributed by atoms with E-state index < -0.39 is 17.4 Å². The molecular weight excluding hydrogens is 450 g/mol. The van der Waals surface area contributed by atoms with Crippen LogP contribution in [0.25, 0.3) is 0 Å². The highest BCUT2D eigenvalue weighted by atomic mass is 35.5. The first-order valence-electron chi connectivity index (χ1n) is 10.5. The number of aromatic nitrogens is 2. The number of benzene rings is 1. The van der Waals surface area contributed by atoms with Crippen molar-refractivity contribution in [3.05, 3.63) is 42.4 Å². The van der Waals surface area contributed by atoms with Crippen LogP contribution in [0.3, 0.4) is 0 Å². The second kappa shape index (κ2) is 10.8. The minimum Gasteiger partial charge on any atom is -0.492 e. The molecule has 1 unspecified atom stereocenters. The van der Waals surface area contributed by atoms with E-state index in [1.165, 1.54) is 6.20 Å². The van der Waals surface area contributed by atoms with Gasteiger partial charge in [0.05, 0.1) is 48.4 Å². The highest BCUT2D eigenvalue weighted by molar-refractivity contribution is 6.37. The summed E-state index contributed by atoms with van der Waals surface area (Å²) in [5.74, 6) is 0.0477. The minimum absolute atomic E-state index is 0.0667. The largest absolute Gasteiger partial charge is 0.492 e. The monoisotopic (exact) mass is 477 g/mol. The second-order valence-corrected chi connectivity index (χ2v) is 8.79. The van der Waals surface area contributed by atoms with Gasteiger partial charge in [-0.15, -0.1) is 0 Å². The molecule has 0 saturated carbocycles. The number of carboxylic acid groups (broad SMARTS) is 1. The Balaban J connectivity index is 1.55. The van der Waals surface area contributed by atoms with Crippen LogP contribution < -0.4 is 14.5 Å². The highest BCUT2D eigenvalue weighted by Gasteiger charge is 2.34. The highest BCUT2D eigenvalue weighted by Crippen LogP contribution is 2.24. The van der Waals surface area contributed by atoms with Gasteiger partial charge in [-0.25, -0.2) is 14.2 Å². The Morgan fingerprint density at radius 2 is 2.03 bits per heavy atom. The maximum atomic E-state index is 12.3. The maximum absolute atomic E-state index is 12.3. The van der Waals surface area contributed by atoms with Crippen LogP contribution in [-0.4, -0.2) is 70.9 Å². The number of carbonyl (C=O) groups is 2. The first-order valence-corrected chi connectivity index (χ1v) is 10.8. The fourth-order valence-corrected chi connectivity index (χ4v) is 3.38. The van der Waals surface area contributed by atoms with Crippen molar-refractivity contribution >= 4 is 35.3 Å². The average Bonchev–Trinajstić information content (AvgIpc) is 2.79. The molecule has 1 fully saturated rings. The van der Waals surface area contributed by atoms with Crippen LogP contribution >= 0.6 is 11.8 Å². The molecule has 0 spiro atoms. The van der Waals surface area contributed by atoms with Crippen molar-refractivity contribution in [1.82, 2.24) is 14.9 Å². The second-order valence-electron chi connectivity index (χ2n) is 8.45. The molecule has 0 radical (unpaired) electrons. The van der Waals surface area contributed by atoms with Crippen LogP contribution in [0.5, 0.6) is 5.75 Å². The Morgan fingerprint density at radius 1 is 1.30 bits per heavy atom. The number of carbonyl (C=O) groups excluding carboxylic acids is 1. The lowest BCUT2D eigenvalue weighted by Crippen LogP contribution is -2.52. The Kier molecular flexibility index (Phi) is 8.06. The predicted octanol–water partition coefficient (Wildman–Crippen LogP) is 3.17. The van der Waals surface area contributed by atoms with Gasteiger partial charge in [-0.2, -0.15) is 0 Å². The van der Waals surface area contributed by atoms with E-state index in [9.17, 15) is 14.7 Å². The number of nitrogens with zero attached hydrogens (tertiary/aromatic N) is 4. The number of hydrogen-bond donors (Lipinski definition) is 2. The molecular formula is C22H28ClN5O5. The standard InChI is InChI=1S/C22H28ClN5O5/c1-15-10-25-19(11-24-15)26-21(31)28(23)16-4-6-18(7-5-16)33-13-17-12-32-9-8-27(17)14-22(2,3)20(29)30/h4-7,10-11,17H,8-9,12-14H2,1-3H3,(H,29,30)(H,25,26,31). The number of aliphatic carboxylic acids is 1. The van der Waals surface area contributed by atoms with Crippen molar-refractivity contribution in [2.24, 2.45) is 5.41 Å². The van der Waals surface area contributed by atoms with Gasteiger partial charge in [0.1, 0.15) is 12.4 Å². The summed E-state index contributed by atoms with van der Waals surface area (Å²) in [7, 11) is 0. The van der Waals surface area contributed by atoms with Crippen LogP contribution in [0.15, 0.2) is 36.7 Å². The minimum atomic E-state index is -0.869. The van der Waals surface area contributed by atoms with E-state index in [4.69, 9.17) is 21.3 Å². The Labute approximate surface area is 197 Å². The molecule has 1 aromatic carbocycles. The number of anilines is 2. The number of carboxylic acids is 1. The summed E-state index contributed by atoms with van der Waals surface area (Å²) >= 11 is 6.16. The predicted molar refractivity (Wildman–Crippen MR) is 124 cm³/mol. The van der Waals surface area contributed by atoms with Crippen molar-refractivity contribution in [2.75, 3.05) is 42.6 Å². The molecule has 10 nitrogen and oxygen atoms in total. The summed E-state index contributed by atoms with van der Waals surface area (Å²) in [5.41, 5.74) is 0.318. The quantitative estimate of drug-likeness (QED) is 0.557. The number of ether oxygens (including phenoxy) is 2. The lowest BCUT2D eigenvalue weighted by Gasteiger charge is -2.38. The lowest BCUT2D eigenvalue weighted by molar-refractivity contribution is -0.149. The van der Waals surface area contributed by atoms with Crippen LogP contribution in [0.1, 0.15) is 19.5 Å². The van der Waals surface area contributed by atoms with Gasteiger partial charge in [-0.3, -0.25) is 20.0 Å². The van der Waals surface area contributed by atoms with Crippen molar-refractivity contribution in [2.45, 2.75) is 26.8 Å². The molecule has 1 saturated heterocycles. The Hall–Kier alpha value is -2.95. The van der Waals surface area contributed by atoms with Gasteiger partial charge in [0.25, 0.3) is 0 Å². The smallest absolute Gasteiger partial charge is 0.342 e. The number of amides is 2. The number of morpholine rings is 1. The number of halogens is 1. The molecule has 1 aromatic heterocycles. The summed E-state index contributed by atoms with van der Waals surface area (Å²) in [5, 5.41) is 12.0. The third-order valence-corrected chi connectivity index (χ3v) is 5.58. The van der Waals surface area contributed by atoms with E-state index in [1.54, 1.807) is 51.2 Å². The van der Waals surface area contributed by atoms with Crippen LogP contribution in [-0.2, 0) is 9.53 Å². The summed E-state index contributed by atoms with van der Waals surface area (Å²) in [6, 6.07) is 6.09. The third-order valence-electron chi connectivity index (χ3n) is 5.23. The fourth-order valence-electron chi connectivity index (χ4n) is 3.22. The Morgan fingerprint density at radius 3 is 2.67 bits per heavy atom. The van der Waals surface area contributed by atoms with Gasteiger partial charge in [0, 0.05) is 24.9 Å². The Bertz CT molecular complexity index is 955. The fraction of sp³-hybridized carbons (Fsp3) is 0.455. The number of rotatable bonds is 8. The van der Waals surface area contributed by atoms with Gasteiger partial charge in [0.2, 0.25) is 0 Å². The zero-order chi connectivity index (χ0) is 24.0. The molecule has 178 valence electrons. The van der Waals surface area contributed by atoms with Crippen molar-refractivity contribution in [3.63, 3.8) is 0 Å². The molecule has 0 bridgehead atoms. The molecule has 2 heterocycles. The van der Waals surface area contributed by atoms with E-state index in [0.717, 1.165) is 10.1 Å². The van der Waals surface area contributed by atoms with Crippen LogP contribution in [0.2, 0.25) is 0 Å². The zero-order valence-corrected chi connectivity index (χ0v) is 19.6. The molecule has 2 amide bonds. The van der Waals surface area contributed by atoms with E-state index in [2.05, 4.69) is 20.2 Å². The number of hydrogen-bond acceptors (Lipinski definition) is 7. The first kappa shape index (κ1) is 24.7. The van der Waals surface area contributed by atoms with Gasteiger partial charge in [-0.05, 0) is 45.0 Å². The topological polar surface area (TPSA) is 117 Å². The zero-order valence-electron chi connectivity index (χ0n) is 18.8. The molecule has 3 rings (SSSR count). The molecule has 11 heteroatoms. The van der Waals surface area contributed by atoms with Crippen LogP contribution in [0.4, 0.5) is 16.3 Å². The van der Waals surface area contributed by atoms with E-state index in [-0.39, 0.29) is 6.04 Å². The van der Waals surface area contributed by atoms with E-state index in [0.29, 0.717) is 50.2 Å². The van der Waals surface area contributed by atoms with Crippen molar-refractivity contribution in [1.29, 1.82) is 0 Å². The number of nitrogens with one attached hydrogen (secondary N) is 1. The molecule has 0 aliphatic carbocycles. The van der Waals surface area contributed by atoms with Gasteiger partial charge < -0.3 is 14.6 Å². The van der Waals surface area contributed by atoms with Crippen molar-refractivity contribution < 1.29 is 24.2 Å². The van der Waals surface area contributed by atoms with Crippen LogP contribution in [0, 0.1) is 12.3 Å². The summed E-state index contributed by atoms with van der Waals surface area (Å²) in [6.07, 6.45) is 2.99. The summed E-state index contributed by atoms with van der Waals surface area (Å²) in [6.45, 7) is 7.62. The molecule has 1 atom stereocenters. The molecule has 1 aliphatic heterocycles. The third kappa shape index (κ3) is 6.77. The summed E-state index contributed by atoms with van der Waals surface area (Å²) < 4.78 is 12.4. The van der Waals surface area contributed by atoms with Gasteiger partial charge in [-0.1, -0.05) is 0 Å². The SMILES string of the molecule is Cc1cnc(NC(=O)N(Cl)c2ccc(OCC3COCCN3CC(C)(C)C(=O)O)cc2)cn1. The summed E-state index contributed by atoms with van der Waals surface area (Å²) in [4.78, 5) is 34.1. The van der Waals surface area contributed by atoms with E-state index >= 15 is 0 Å². The average molecular weight is 478 g/mol. The van der Waals surface area contributed by atoms with Gasteiger partial charge in [0.15, 0.2) is 5.82 Å². The molecule has 2 aromatic rings. The molecule has 1 aliphatic rings. The lowest BCUT2D eigenvalue weighted by atomic mass is 9.92. The molecule has 2 N–H and O–H groups in total. The number of urea groups is 1. The van der Waals surface area contributed by atoms with E-state index in [1.807, 2.05) is 0 Å². The number of aryl methyl sites for hydroxylation is 1.